The number of carbonyl (C=O) groups excluding carboxylic acids is 1. The third kappa shape index (κ3) is 4.15. The minimum Gasteiger partial charge on any atom is -0.360 e. The van der Waals surface area contributed by atoms with Crippen LogP contribution in [-0.2, 0) is 10.0 Å². The SMILES string of the molecule is Cc1onc(-c2ccccc2)c1C(=O)N1CCC(NS(=O)(=O)c2ccccc2)CC1. The summed E-state index contributed by atoms with van der Waals surface area (Å²) in [7, 11) is -3.57. The van der Waals surface area contributed by atoms with Crippen molar-refractivity contribution in [1.29, 1.82) is 0 Å². The van der Waals surface area contributed by atoms with Gasteiger partial charge in [0.1, 0.15) is 17.0 Å². The highest BCUT2D eigenvalue weighted by Gasteiger charge is 2.30. The lowest BCUT2D eigenvalue weighted by Gasteiger charge is -2.32. The average molecular weight is 426 g/mol. The van der Waals surface area contributed by atoms with Crippen molar-refractivity contribution >= 4 is 15.9 Å². The number of aryl methyl sites for hydroxylation is 1. The first-order valence-corrected chi connectivity index (χ1v) is 11.3. The van der Waals surface area contributed by atoms with Crippen molar-refractivity contribution in [3.63, 3.8) is 0 Å². The molecule has 8 heteroatoms. The van der Waals surface area contributed by atoms with E-state index < -0.39 is 10.0 Å². The Labute approximate surface area is 175 Å². The number of nitrogens with zero attached hydrogens (tertiary/aromatic N) is 2. The molecular weight excluding hydrogens is 402 g/mol. The van der Waals surface area contributed by atoms with E-state index >= 15 is 0 Å². The Morgan fingerprint density at radius 3 is 2.27 bits per heavy atom. The maximum absolute atomic E-state index is 13.2. The van der Waals surface area contributed by atoms with Gasteiger partial charge in [0, 0.05) is 24.7 Å². The predicted octanol–water partition coefficient (Wildman–Crippen LogP) is 3.23. The first kappa shape index (κ1) is 20.3. The van der Waals surface area contributed by atoms with Gasteiger partial charge in [0.25, 0.3) is 5.91 Å². The van der Waals surface area contributed by atoms with Crippen LogP contribution in [0.25, 0.3) is 11.3 Å². The van der Waals surface area contributed by atoms with Gasteiger partial charge >= 0.3 is 0 Å². The lowest BCUT2D eigenvalue weighted by molar-refractivity contribution is 0.0710. The molecule has 0 unspecified atom stereocenters. The number of hydrogen-bond donors (Lipinski definition) is 1. The standard InChI is InChI=1S/C22H23N3O4S/c1-16-20(21(23-29-16)17-8-4-2-5-9-17)22(26)25-14-12-18(13-15-25)24-30(27,28)19-10-6-3-7-11-19/h2-11,18,24H,12-15H2,1H3. The molecule has 1 aromatic heterocycles. The van der Waals surface area contributed by atoms with Crippen molar-refractivity contribution in [2.24, 2.45) is 0 Å². The van der Waals surface area contributed by atoms with E-state index in [9.17, 15) is 13.2 Å². The minimum atomic E-state index is -3.57. The maximum Gasteiger partial charge on any atom is 0.259 e. The molecule has 1 fully saturated rings. The highest BCUT2D eigenvalue weighted by atomic mass is 32.2. The molecule has 0 atom stereocenters. The van der Waals surface area contributed by atoms with Gasteiger partial charge in [-0.3, -0.25) is 4.79 Å². The first-order valence-electron chi connectivity index (χ1n) is 9.84. The summed E-state index contributed by atoms with van der Waals surface area (Å²) in [5, 5.41) is 4.08. The van der Waals surface area contributed by atoms with Gasteiger partial charge in [-0.05, 0) is 31.9 Å². The largest absolute Gasteiger partial charge is 0.360 e. The lowest BCUT2D eigenvalue weighted by atomic mass is 10.0. The highest BCUT2D eigenvalue weighted by molar-refractivity contribution is 7.89. The Morgan fingerprint density at radius 1 is 1.03 bits per heavy atom. The van der Waals surface area contributed by atoms with E-state index in [2.05, 4.69) is 9.88 Å². The Morgan fingerprint density at radius 2 is 1.63 bits per heavy atom. The third-order valence-electron chi connectivity index (χ3n) is 5.28. The van der Waals surface area contributed by atoms with Gasteiger partial charge in [-0.2, -0.15) is 0 Å². The molecule has 0 radical (unpaired) electrons. The molecule has 1 aliphatic heterocycles. The van der Waals surface area contributed by atoms with Crippen molar-refractivity contribution < 1.29 is 17.7 Å². The van der Waals surface area contributed by atoms with Gasteiger partial charge in [0.15, 0.2) is 0 Å². The van der Waals surface area contributed by atoms with Crippen LogP contribution in [-0.4, -0.2) is 43.5 Å². The fourth-order valence-electron chi connectivity index (χ4n) is 3.66. The molecule has 7 nitrogen and oxygen atoms in total. The molecule has 0 saturated carbocycles. The number of hydrogen-bond acceptors (Lipinski definition) is 5. The number of nitrogens with one attached hydrogen (secondary N) is 1. The van der Waals surface area contributed by atoms with Crippen LogP contribution in [0.4, 0.5) is 0 Å². The maximum atomic E-state index is 13.2. The zero-order valence-electron chi connectivity index (χ0n) is 16.6. The van der Waals surface area contributed by atoms with Gasteiger partial charge in [0.05, 0.1) is 4.90 Å². The van der Waals surface area contributed by atoms with Crippen LogP contribution in [0.3, 0.4) is 0 Å². The lowest BCUT2D eigenvalue weighted by Crippen LogP contribution is -2.46. The molecule has 2 aromatic carbocycles. The second-order valence-corrected chi connectivity index (χ2v) is 9.04. The van der Waals surface area contributed by atoms with E-state index in [0.29, 0.717) is 42.9 Å². The van der Waals surface area contributed by atoms with E-state index in [1.807, 2.05) is 30.3 Å². The summed E-state index contributed by atoms with van der Waals surface area (Å²) >= 11 is 0. The van der Waals surface area contributed by atoms with Crippen LogP contribution < -0.4 is 4.72 Å². The van der Waals surface area contributed by atoms with Crippen LogP contribution in [0, 0.1) is 6.92 Å². The number of piperidine rings is 1. The molecule has 0 bridgehead atoms. The smallest absolute Gasteiger partial charge is 0.259 e. The molecule has 1 N–H and O–H groups in total. The van der Waals surface area contributed by atoms with Crippen molar-refractivity contribution in [2.75, 3.05) is 13.1 Å². The second-order valence-electron chi connectivity index (χ2n) is 7.33. The van der Waals surface area contributed by atoms with Crippen molar-refractivity contribution in [3.8, 4) is 11.3 Å². The predicted molar refractivity (Wildman–Crippen MR) is 112 cm³/mol. The van der Waals surface area contributed by atoms with Gasteiger partial charge in [0.2, 0.25) is 10.0 Å². The Hall–Kier alpha value is -2.97. The fourth-order valence-corrected chi connectivity index (χ4v) is 4.99. The number of aromatic nitrogens is 1. The summed E-state index contributed by atoms with van der Waals surface area (Å²) in [6.45, 7) is 2.65. The van der Waals surface area contributed by atoms with Gasteiger partial charge in [-0.1, -0.05) is 53.7 Å². The fraction of sp³-hybridized carbons (Fsp3) is 0.273. The molecule has 4 rings (SSSR count). The summed E-state index contributed by atoms with van der Waals surface area (Å²) in [5.74, 6) is 0.336. The van der Waals surface area contributed by atoms with Crippen molar-refractivity contribution in [2.45, 2.75) is 30.7 Å². The number of amides is 1. The molecule has 1 saturated heterocycles. The number of sulfonamides is 1. The molecule has 3 aromatic rings. The van der Waals surface area contributed by atoms with Crippen molar-refractivity contribution in [3.05, 3.63) is 72.0 Å². The van der Waals surface area contributed by atoms with E-state index in [1.54, 1.807) is 42.2 Å². The summed E-state index contributed by atoms with van der Waals surface area (Å²) in [6, 6.07) is 17.5. The Kier molecular flexibility index (Phi) is 5.69. The van der Waals surface area contributed by atoms with Crippen molar-refractivity contribution in [1.82, 2.24) is 14.8 Å². The molecule has 2 heterocycles. The van der Waals surface area contributed by atoms with Gasteiger partial charge < -0.3 is 9.42 Å². The number of carbonyl (C=O) groups is 1. The van der Waals surface area contributed by atoms with Crippen LogP contribution in [0.15, 0.2) is 70.1 Å². The number of rotatable bonds is 5. The summed E-state index contributed by atoms with van der Waals surface area (Å²) in [5.41, 5.74) is 1.82. The Bertz CT molecular complexity index is 1120. The third-order valence-corrected chi connectivity index (χ3v) is 6.82. The molecular formula is C22H23N3O4S. The number of likely N-dealkylation sites (tertiary alicyclic amines) is 1. The minimum absolute atomic E-state index is 0.142. The average Bonchev–Trinajstić information content (AvgIpc) is 3.16. The molecule has 0 aliphatic carbocycles. The molecule has 30 heavy (non-hydrogen) atoms. The normalized spacial score (nSPS) is 15.3. The van der Waals surface area contributed by atoms with Gasteiger partial charge in [-0.15, -0.1) is 0 Å². The summed E-state index contributed by atoms with van der Waals surface area (Å²) in [4.78, 5) is 15.2. The van der Waals surface area contributed by atoms with E-state index in [1.165, 1.54) is 0 Å². The van der Waals surface area contributed by atoms with Crippen LogP contribution in [0.5, 0.6) is 0 Å². The number of benzene rings is 2. The highest BCUT2D eigenvalue weighted by Crippen LogP contribution is 2.27. The molecule has 1 aliphatic rings. The first-order chi connectivity index (χ1) is 14.5. The Balaban J connectivity index is 1.44. The topological polar surface area (TPSA) is 92.5 Å². The van der Waals surface area contributed by atoms with Crippen LogP contribution in [0.2, 0.25) is 0 Å². The monoisotopic (exact) mass is 425 g/mol. The van der Waals surface area contributed by atoms with Gasteiger partial charge in [-0.25, -0.2) is 13.1 Å². The van der Waals surface area contributed by atoms with Crippen LogP contribution >= 0.6 is 0 Å². The molecule has 1 amide bonds. The van der Waals surface area contributed by atoms with E-state index in [4.69, 9.17) is 4.52 Å². The summed E-state index contributed by atoms with van der Waals surface area (Å²) in [6.07, 6.45) is 1.09. The van der Waals surface area contributed by atoms with E-state index in [-0.39, 0.29) is 16.8 Å². The van der Waals surface area contributed by atoms with E-state index in [0.717, 1.165) is 5.56 Å². The zero-order chi connectivity index (χ0) is 21.1. The molecule has 0 spiro atoms. The second kappa shape index (κ2) is 8.41. The quantitative estimate of drug-likeness (QED) is 0.678. The zero-order valence-corrected chi connectivity index (χ0v) is 17.4. The molecule has 156 valence electrons. The summed E-state index contributed by atoms with van der Waals surface area (Å²) < 4.78 is 33.1. The van der Waals surface area contributed by atoms with Crippen LogP contribution in [0.1, 0.15) is 29.0 Å².